The smallest absolute Gasteiger partial charge is 0.185 e. The van der Waals surface area contributed by atoms with E-state index in [0.29, 0.717) is 24.4 Å². The minimum atomic E-state index is 0.335. The molecule has 0 saturated carbocycles. The summed E-state index contributed by atoms with van der Waals surface area (Å²) in [5.74, 6) is 1.84. The van der Waals surface area contributed by atoms with Crippen molar-refractivity contribution in [3.8, 4) is 17.1 Å². The van der Waals surface area contributed by atoms with Crippen LogP contribution in [0.4, 0.5) is 0 Å². The Morgan fingerprint density at radius 1 is 1.16 bits per heavy atom. The van der Waals surface area contributed by atoms with Gasteiger partial charge in [-0.2, -0.15) is 0 Å². The van der Waals surface area contributed by atoms with Gasteiger partial charge in [-0.3, -0.25) is 4.79 Å². The van der Waals surface area contributed by atoms with Crippen molar-refractivity contribution in [2.45, 2.75) is 0 Å². The number of hydrogen-bond acceptors (Lipinski definition) is 4. The minimum absolute atomic E-state index is 0.335. The topological polar surface area (TPSA) is 42.7 Å². The number of rotatable bonds is 6. The number of benzene rings is 1. The fourth-order valence-electron chi connectivity index (χ4n) is 1.63. The van der Waals surface area contributed by atoms with E-state index >= 15 is 0 Å². The number of likely N-dealkylation sites (N-methyl/N-ethyl adjacent to an activating group) is 1. The molecule has 0 saturated heterocycles. The molecule has 4 heteroatoms. The molecule has 2 rings (SSSR count). The van der Waals surface area contributed by atoms with Crippen molar-refractivity contribution in [1.29, 1.82) is 0 Å². The molecule has 0 spiro atoms. The van der Waals surface area contributed by atoms with Gasteiger partial charge in [0, 0.05) is 12.1 Å². The first-order chi connectivity index (χ1) is 9.19. The fraction of sp³-hybridized carbons (Fsp3) is 0.267. The lowest BCUT2D eigenvalue weighted by molar-refractivity contribution is 0.110. The van der Waals surface area contributed by atoms with Gasteiger partial charge >= 0.3 is 0 Å². The van der Waals surface area contributed by atoms with Crippen molar-refractivity contribution in [3.63, 3.8) is 0 Å². The van der Waals surface area contributed by atoms with E-state index in [0.717, 1.165) is 17.9 Å². The van der Waals surface area contributed by atoms with Crippen LogP contribution >= 0.6 is 0 Å². The van der Waals surface area contributed by atoms with Crippen molar-refractivity contribution in [1.82, 2.24) is 4.90 Å². The maximum atomic E-state index is 10.6. The number of hydrogen-bond donors (Lipinski definition) is 0. The molecule has 100 valence electrons. The van der Waals surface area contributed by atoms with Gasteiger partial charge in [0.25, 0.3) is 0 Å². The summed E-state index contributed by atoms with van der Waals surface area (Å²) < 4.78 is 11.0. The van der Waals surface area contributed by atoms with Gasteiger partial charge in [-0.25, -0.2) is 0 Å². The average molecular weight is 259 g/mol. The second-order valence-corrected chi connectivity index (χ2v) is 4.50. The first-order valence-electron chi connectivity index (χ1n) is 6.12. The van der Waals surface area contributed by atoms with Gasteiger partial charge in [0.05, 0.1) is 0 Å². The van der Waals surface area contributed by atoms with Crippen LogP contribution in [0.5, 0.6) is 5.75 Å². The molecule has 1 aromatic heterocycles. The quantitative estimate of drug-likeness (QED) is 0.748. The van der Waals surface area contributed by atoms with Crippen LogP contribution in [-0.4, -0.2) is 38.4 Å². The Balaban J connectivity index is 1.99. The average Bonchev–Trinajstić information content (AvgIpc) is 2.88. The Morgan fingerprint density at radius 3 is 2.47 bits per heavy atom. The number of nitrogens with zero attached hydrogens (tertiary/aromatic N) is 1. The summed E-state index contributed by atoms with van der Waals surface area (Å²) in [4.78, 5) is 12.6. The van der Waals surface area contributed by atoms with Gasteiger partial charge in [0.2, 0.25) is 0 Å². The normalized spacial score (nSPS) is 10.7. The van der Waals surface area contributed by atoms with E-state index in [4.69, 9.17) is 9.15 Å². The van der Waals surface area contributed by atoms with Crippen LogP contribution in [0.25, 0.3) is 11.3 Å². The Bertz CT molecular complexity index is 529. The molecule has 0 radical (unpaired) electrons. The van der Waals surface area contributed by atoms with Crippen molar-refractivity contribution < 1.29 is 13.9 Å². The highest BCUT2D eigenvalue weighted by Crippen LogP contribution is 2.24. The molecule has 0 unspecified atom stereocenters. The third-order valence-corrected chi connectivity index (χ3v) is 2.69. The molecule has 0 aliphatic carbocycles. The van der Waals surface area contributed by atoms with Crippen molar-refractivity contribution >= 4 is 6.29 Å². The Labute approximate surface area is 112 Å². The summed E-state index contributed by atoms with van der Waals surface area (Å²) >= 11 is 0. The minimum Gasteiger partial charge on any atom is -0.492 e. The predicted molar refractivity (Wildman–Crippen MR) is 73.6 cm³/mol. The van der Waals surface area contributed by atoms with Crippen LogP contribution in [0.3, 0.4) is 0 Å². The molecule has 0 amide bonds. The molecule has 0 fully saturated rings. The Morgan fingerprint density at radius 2 is 1.89 bits per heavy atom. The predicted octanol–water partition coefficient (Wildman–Crippen LogP) is 2.70. The van der Waals surface area contributed by atoms with E-state index in [-0.39, 0.29) is 0 Å². The number of aldehydes is 1. The van der Waals surface area contributed by atoms with E-state index < -0.39 is 0 Å². The van der Waals surface area contributed by atoms with Gasteiger partial charge in [-0.1, -0.05) is 0 Å². The van der Waals surface area contributed by atoms with Gasteiger partial charge in [-0.15, -0.1) is 0 Å². The van der Waals surface area contributed by atoms with Crippen LogP contribution in [0.1, 0.15) is 10.6 Å². The summed E-state index contributed by atoms with van der Waals surface area (Å²) in [6, 6.07) is 11.1. The van der Waals surface area contributed by atoms with E-state index in [9.17, 15) is 4.79 Å². The summed E-state index contributed by atoms with van der Waals surface area (Å²) in [5, 5.41) is 0. The van der Waals surface area contributed by atoms with Gasteiger partial charge in [-0.05, 0) is 50.5 Å². The molecule has 0 aliphatic rings. The SMILES string of the molecule is CN(C)CCOc1ccc(-c2ccc(C=O)o2)cc1. The molecule has 4 nitrogen and oxygen atoms in total. The van der Waals surface area contributed by atoms with Gasteiger partial charge in [0.1, 0.15) is 18.1 Å². The van der Waals surface area contributed by atoms with E-state index in [1.165, 1.54) is 0 Å². The van der Waals surface area contributed by atoms with Crippen molar-refractivity contribution in [2.75, 3.05) is 27.2 Å². The lowest BCUT2D eigenvalue weighted by Crippen LogP contribution is -2.19. The van der Waals surface area contributed by atoms with Crippen LogP contribution in [-0.2, 0) is 0 Å². The Kier molecular flexibility index (Phi) is 4.36. The fourth-order valence-corrected chi connectivity index (χ4v) is 1.63. The second kappa shape index (κ2) is 6.20. The lowest BCUT2D eigenvalue weighted by atomic mass is 10.2. The Hall–Kier alpha value is -2.07. The molecule has 1 aromatic carbocycles. The molecule has 0 aliphatic heterocycles. The number of ether oxygens (including phenoxy) is 1. The third-order valence-electron chi connectivity index (χ3n) is 2.69. The monoisotopic (exact) mass is 259 g/mol. The summed E-state index contributed by atoms with van der Waals surface area (Å²) in [6.07, 6.45) is 0.697. The van der Waals surface area contributed by atoms with E-state index in [1.807, 2.05) is 38.4 Å². The van der Waals surface area contributed by atoms with Crippen LogP contribution < -0.4 is 4.74 Å². The van der Waals surface area contributed by atoms with Gasteiger partial charge < -0.3 is 14.1 Å². The molecule has 0 bridgehead atoms. The number of furan rings is 1. The highest BCUT2D eigenvalue weighted by atomic mass is 16.5. The zero-order valence-electron chi connectivity index (χ0n) is 11.1. The highest BCUT2D eigenvalue weighted by molar-refractivity contribution is 5.72. The van der Waals surface area contributed by atoms with Crippen LogP contribution in [0, 0.1) is 0 Å². The molecule has 2 aromatic rings. The zero-order valence-corrected chi connectivity index (χ0v) is 11.1. The molecule has 1 heterocycles. The lowest BCUT2D eigenvalue weighted by Gasteiger charge is -2.11. The van der Waals surface area contributed by atoms with Crippen molar-refractivity contribution in [2.24, 2.45) is 0 Å². The van der Waals surface area contributed by atoms with Crippen LogP contribution in [0.2, 0.25) is 0 Å². The zero-order chi connectivity index (χ0) is 13.7. The van der Waals surface area contributed by atoms with E-state index in [2.05, 4.69) is 4.90 Å². The molecular formula is C15H17NO3. The second-order valence-electron chi connectivity index (χ2n) is 4.50. The molecular weight excluding hydrogens is 242 g/mol. The molecule has 0 atom stereocenters. The summed E-state index contributed by atoms with van der Waals surface area (Å²) in [6.45, 7) is 1.53. The summed E-state index contributed by atoms with van der Waals surface area (Å²) in [7, 11) is 4.02. The number of carbonyl (C=O) groups is 1. The van der Waals surface area contributed by atoms with Gasteiger partial charge in [0.15, 0.2) is 12.0 Å². The largest absolute Gasteiger partial charge is 0.492 e. The summed E-state index contributed by atoms with van der Waals surface area (Å²) in [5.41, 5.74) is 0.924. The number of carbonyl (C=O) groups excluding carboxylic acids is 1. The first-order valence-corrected chi connectivity index (χ1v) is 6.12. The highest BCUT2D eigenvalue weighted by Gasteiger charge is 2.04. The standard InChI is InChI=1S/C15H17NO3/c1-16(2)9-10-18-13-5-3-12(4-6-13)15-8-7-14(11-17)19-15/h3-8,11H,9-10H2,1-2H3. The third kappa shape index (κ3) is 3.69. The maximum absolute atomic E-state index is 10.6. The van der Waals surface area contributed by atoms with Crippen molar-refractivity contribution in [3.05, 3.63) is 42.2 Å². The van der Waals surface area contributed by atoms with Crippen LogP contribution in [0.15, 0.2) is 40.8 Å². The van der Waals surface area contributed by atoms with E-state index in [1.54, 1.807) is 12.1 Å². The molecule has 0 N–H and O–H groups in total. The maximum Gasteiger partial charge on any atom is 0.185 e. The first kappa shape index (κ1) is 13.4. The molecule has 19 heavy (non-hydrogen) atoms.